The number of imidazole rings is 1. The lowest BCUT2D eigenvalue weighted by atomic mass is 10.1. The minimum absolute atomic E-state index is 0.112. The molecule has 0 spiro atoms. The van der Waals surface area contributed by atoms with Crippen molar-refractivity contribution in [2.75, 3.05) is 18.0 Å². The molecule has 9 nitrogen and oxygen atoms in total. The number of benzene rings is 1. The smallest absolute Gasteiger partial charge is 0.306 e. The van der Waals surface area contributed by atoms with Gasteiger partial charge < -0.3 is 15.4 Å². The second-order valence-electron chi connectivity index (χ2n) is 7.39. The minimum Gasteiger partial charge on any atom is -0.425 e. The zero-order valence-electron chi connectivity index (χ0n) is 17.6. The van der Waals surface area contributed by atoms with E-state index in [1.807, 2.05) is 4.57 Å². The minimum atomic E-state index is -0.524. The van der Waals surface area contributed by atoms with Crippen molar-refractivity contribution in [3.8, 4) is 23.6 Å². The van der Waals surface area contributed by atoms with Crippen LogP contribution >= 0.6 is 0 Å². The van der Waals surface area contributed by atoms with E-state index < -0.39 is 5.91 Å². The molecule has 1 fully saturated rings. The van der Waals surface area contributed by atoms with Crippen molar-refractivity contribution in [1.29, 1.82) is 0 Å². The molecule has 160 valence electrons. The second kappa shape index (κ2) is 8.52. The average molecular weight is 420 g/mol. The van der Waals surface area contributed by atoms with E-state index in [1.165, 1.54) is 11.0 Å². The Bertz CT molecular complexity index is 1240. The van der Waals surface area contributed by atoms with Crippen LogP contribution in [-0.4, -0.2) is 38.1 Å². The maximum absolute atomic E-state index is 13.2. The van der Waals surface area contributed by atoms with E-state index in [2.05, 4.69) is 26.7 Å². The quantitative estimate of drug-likeness (QED) is 0.633. The van der Waals surface area contributed by atoms with E-state index in [9.17, 15) is 9.59 Å². The number of nitrogens with two attached hydrogens (primary N) is 1. The Morgan fingerprint density at radius 3 is 2.52 bits per heavy atom. The fourth-order valence-corrected chi connectivity index (χ4v) is 3.66. The highest BCUT2D eigenvalue weighted by molar-refractivity contribution is 5.92. The van der Waals surface area contributed by atoms with Crippen LogP contribution in [0.2, 0.25) is 0 Å². The van der Waals surface area contributed by atoms with Gasteiger partial charge in [-0.3, -0.25) is 18.7 Å². The molecule has 1 aliphatic rings. The van der Waals surface area contributed by atoms with E-state index in [4.69, 9.17) is 10.5 Å². The van der Waals surface area contributed by atoms with E-state index in [-0.39, 0.29) is 11.6 Å². The molecule has 2 N–H and O–H groups in total. The lowest BCUT2D eigenvalue weighted by Crippen LogP contribution is -2.32. The molecular formula is C22H24N6O3. The topological polar surface area (TPSA) is 108 Å². The van der Waals surface area contributed by atoms with Gasteiger partial charge in [-0.05, 0) is 50.5 Å². The molecule has 0 unspecified atom stereocenters. The number of aromatic nitrogens is 4. The number of carbonyl (C=O) groups is 1. The Morgan fingerprint density at radius 1 is 1.16 bits per heavy atom. The molecule has 0 aliphatic carbocycles. The number of piperidine rings is 1. The van der Waals surface area contributed by atoms with Crippen molar-refractivity contribution in [3.05, 3.63) is 40.2 Å². The van der Waals surface area contributed by atoms with Crippen LogP contribution in [0.15, 0.2) is 29.1 Å². The molecule has 31 heavy (non-hydrogen) atoms. The highest BCUT2D eigenvalue weighted by atomic mass is 16.5. The van der Waals surface area contributed by atoms with Crippen LogP contribution in [0.5, 0.6) is 11.8 Å². The molecule has 2 aromatic heterocycles. The monoisotopic (exact) mass is 420 g/mol. The Morgan fingerprint density at radius 2 is 1.87 bits per heavy atom. The first kappa shape index (κ1) is 20.5. The summed E-state index contributed by atoms with van der Waals surface area (Å²) >= 11 is 0. The van der Waals surface area contributed by atoms with E-state index in [1.54, 1.807) is 38.2 Å². The van der Waals surface area contributed by atoms with Crippen LogP contribution < -0.4 is 20.9 Å². The van der Waals surface area contributed by atoms with Crippen molar-refractivity contribution in [1.82, 2.24) is 19.1 Å². The molecular weight excluding hydrogens is 396 g/mol. The highest BCUT2D eigenvalue weighted by Gasteiger charge is 2.23. The first-order valence-corrected chi connectivity index (χ1v) is 10.2. The van der Waals surface area contributed by atoms with Crippen molar-refractivity contribution in [2.24, 2.45) is 12.8 Å². The van der Waals surface area contributed by atoms with Crippen LogP contribution in [-0.2, 0) is 13.6 Å². The Labute approximate surface area is 179 Å². The van der Waals surface area contributed by atoms with Crippen molar-refractivity contribution >= 4 is 23.0 Å². The summed E-state index contributed by atoms with van der Waals surface area (Å²) in [4.78, 5) is 35.9. The maximum atomic E-state index is 13.2. The number of carbonyl (C=O) groups excluding carboxylic acids is 1. The number of hydrogen-bond acceptors (Lipinski definition) is 6. The molecule has 1 aliphatic heterocycles. The SMILES string of the molecule is CC#CCn1c(N2CCCCC2)nc2nc(Oc3ccc(C(N)=O)cc3)n(C)c(=O)c21. The highest BCUT2D eigenvalue weighted by Crippen LogP contribution is 2.25. The maximum Gasteiger partial charge on any atom is 0.306 e. The number of fused-ring (bicyclic) bond motifs is 1. The standard InChI is InChI=1S/C22H24N6O3/c1-3-4-14-28-17-19(24-21(28)27-12-6-5-7-13-27)25-22(26(2)20(17)30)31-16-10-8-15(9-11-16)18(23)29/h8-11H,5-7,12-14H2,1-2H3,(H2,23,29). The van der Waals surface area contributed by atoms with Gasteiger partial charge in [-0.25, -0.2) is 0 Å². The Hall–Kier alpha value is -3.80. The fraction of sp³-hybridized carbons (Fsp3) is 0.364. The summed E-state index contributed by atoms with van der Waals surface area (Å²) in [6, 6.07) is 6.43. The summed E-state index contributed by atoms with van der Waals surface area (Å²) in [5.41, 5.74) is 6.11. The van der Waals surface area contributed by atoms with Gasteiger partial charge in [0.05, 0.1) is 6.54 Å². The van der Waals surface area contributed by atoms with Gasteiger partial charge in [0.25, 0.3) is 5.56 Å². The first-order chi connectivity index (χ1) is 15.0. The summed E-state index contributed by atoms with van der Waals surface area (Å²) in [6.45, 7) is 3.91. The summed E-state index contributed by atoms with van der Waals surface area (Å²) in [5.74, 6) is 6.55. The van der Waals surface area contributed by atoms with E-state index >= 15 is 0 Å². The molecule has 1 amide bonds. The van der Waals surface area contributed by atoms with Gasteiger partial charge in [-0.1, -0.05) is 5.92 Å². The van der Waals surface area contributed by atoms with Gasteiger partial charge in [0.1, 0.15) is 5.75 Å². The number of ether oxygens (including phenoxy) is 1. The van der Waals surface area contributed by atoms with E-state index in [0.717, 1.165) is 25.9 Å². The predicted molar refractivity (Wildman–Crippen MR) is 117 cm³/mol. The molecule has 1 aromatic carbocycles. The summed E-state index contributed by atoms with van der Waals surface area (Å²) in [5, 5.41) is 0. The first-order valence-electron chi connectivity index (χ1n) is 10.2. The van der Waals surface area contributed by atoms with Crippen LogP contribution in [0, 0.1) is 11.8 Å². The number of amides is 1. The van der Waals surface area contributed by atoms with Crippen LogP contribution in [0.1, 0.15) is 36.5 Å². The van der Waals surface area contributed by atoms with Crippen molar-refractivity contribution in [2.45, 2.75) is 32.7 Å². The van der Waals surface area contributed by atoms with E-state index in [0.29, 0.717) is 35.0 Å². The molecule has 9 heteroatoms. The van der Waals surface area contributed by atoms with Gasteiger partial charge >= 0.3 is 6.01 Å². The number of anilines is 1. The zero-order chi connectivity index (χ0) is 22.0. The number of nitrogens with zero attached hydrogens (tertiary/aromatic N) is 5. The molecule has 0 atom stereocenters. The van der Waals surface area contributed by atoms with Gasteiger partial charge in [0, 0.05) is 25.7 Å². The predicted octanol–water partition coefficient (Wildman–Crippen LogP) is 2.03. The van der Waals surface area contributed by atoms with Gasteiger partial charge in [0.15, 0.2) is 11.2 Å². The summed E-state index contributed by atoms with van der Waals surface area (Å²) in [7, 11) is 1.60. The van der Waals surface area contributed by atoms with Crippen LogP contribution in [0.3, 0.4) is 0 Å². The van der Waals surface area contributed by atoms with Crippen LogP contribution in [0.25, 0.3) is 11.2 Å². The molecule has 0 bridgehead atoms. The van der Waals surface area contributed by atoms with Crippen LogP contribution in [0.4, 0.5) is 5.95 Å². The largest absolute Gasteiger partial charge is 0.425 e. The third-order valence-corrected chi connectivity index (χ3v) is 5.33. The lowest BCUT2D eigenvalue weighted by molar-refractivity contribution is 0.100. The lowest BCUT2D eigenvalue weighted by Gasteiger charge is -2.27. The third-order valence-electron chi connectivity index (χ3n) is 5.33. The molecule has 0 radical (unpaired) electrons. The summed E-state index contributed by atoms with van der Waals surface area (Å²) in [6.07, 6.45) is 3.37. The fourth-order valence-electron chi connectivity index (χ4n) is 3.66. The second-order valence-corrected chi connectivity index (χ2v) is 7.39. The van der Waals surface area contributed by atoms with Gasteiger partial charge in [-0.2, -0.15) is 9.97 Å². The Balaban J connectivity index is 1.78. The summed E-state index contributed by atoms with van der Waals surface area (Å²) < 4.78 is 9.01. The van der Waals surface area contributed by atoms with Gasteiger partial charge in [0.2, 0.25) is 11.9 Å². The van der Waals surface area contributed by atoms with Crippen molar-refractivity contribution < 1.29 is 9.53 Å². The molecule has 3 aromatic rings. The molecule has 1 saturated heterocycles. The average Bonchev–Trinajstić information content (AvgIpc) is 3.15. The molecule has 0 saturated carbocycles. The third kappa shape index (κ3) is 3.97. The van der Waals surface area contributed by atoms with Gasteiger partial charge in [-0.15, -0.1) is 5.92 Å². The zero-order valence-corrected chi connectivity index (χ0v) is 17.6. The molecule has 3 heterocycles. The Kier molecular flexibility index (Phi) is 5.62. The number of rotatable bonds is 5. The normalized spacial score (nSPS) is 13.7. The number of hydrogen-bond donors (Lipinski definition) is 1. The number of primary amides is 1. The molecule has 4 rings (SSSR count). The van der Waals surface area contributed by atoms with Crippen molar-refractivity contribution in [3.63, 3.8) is 0 Å².